The molecule has 0 fully saturated rings. The molecular formula is C12H16OS. The Bertz CT molecular complexity index is 269. The first kappa shape index (κ1) is 11.3. The molecule has 1 unspecified atom stereocenters. The number of hydrogen-bond donors (Lipinski definition) is 1. The minimum atomic E-state index is 0.258. The fourth-order valence-corrected chi connectivity index (χ4v) is 1.77. The van der Waals surface area contributed by atoms with Crippen LogP contribution in [0.1, 0.15) is 12.5 Å². The van der Waals surface area contributed by atoms with Crippen molar-refractivity contribution in [1.29, 1.82) is 0 Å². The van der Waals surface area contributed by atoms with Gasteiger partial charge < -0.3 is 5.11 Å². The molecule has 0 amide bonds. The van der Waals surface area contributed by atoms with Crippen molar-refractivity contribution in [2.24, 2.45) is 0 Å². The predicted octanol–water partition coefficient (Wildman–Crippen LogP) is 2.81. The third-order valence-corrected chi connectivity index (χ3v) is 2.93. The van der Waals surface area contributed by atoms with E-state index < -0.39 is 0 Å². The first-order valence-corrected chi connectivity index (χ1v) is 5.83. The first-order valence-electron chi connectivity index (χ1n) is 4.78. The van der Waals surface area contributed by atoms with Gasteiger partial charge in [0, 0.05) is 11.0 Å². The summed E-state index contributed by atoms with van der Waals surface area (Å²) in [6.07, 6.45) is 4.28. The highest BCUT2D eigenvalue weighted by Crippen LogP contribution is 2.12. The molecule has 0 aromatic heterocycles. The molecule has 1 nitrogen and oxygen atoms in total. The van der Waals surface area contributed by atoms with Crippen LogP contribution in [0.25, 0.3) is 6.08 Å². The van der Waals surface area contributed by atoms with Crippen molar-refractivity contribution < 1.29 is 5.11 Å². The van der Waals surface area contributed by atoms with Gasteiger partial charge in [-0.25, -0.2) is 0 Å². The molecule has 1 aromatic carbocycles. The number of aliphatic hydroxyl groups is 1. The number of thioether (sulfide) groups is 1. The maximum Gasteiger partial charge on any atom is 0.0521 e. The quantitative estimate of drug-likeness (QED) is 0.803. The van der Waals surface area contributed by atoms with Crippen LogP contribution in [0.3, 0.4) is 0 Å². The standard InChI is InChI=1S/C12H16OS/c1-11(14-10-9-13)7-8-12-5-3-2-4-6-12/h2-8,11,13H,9-10H2,1H3/b8-7+. The topological polar surface area (TPSA) is 20.2 Å². The lowest BCUT2D eigenvalue weighted by molar-refractivity contribution is 0.322. The van der Waals surface area contributed by atoms with E-state index in [-0.39, 0.29) is 6.61 Å². The first-order chi connectivity index (χ1) is 6.83. The van der Waals surface area contributed by atoms with Crippen molar-refractivity contribution in [3.8, 4) is 0 Å². The van der Waals surface area contributed by atoms with Crippen molar-refractivity contribution in [2.75, 3.05) is 12.4 Å². The highest BCUT2D eigenvalue weighted by molar-refractivity contribution is 8.00. The summed E-state index contributed by atoms with van der Waals surface area (Å²) in [4.78, 5) is 0. The van der Waals surface area contributed by atoms with Gasteiger partial charge in [-0.2, -0.15) is 11.8 Å². The summed E-state index contributed by atoms with van der Waals surface area (Å²) in [5.41, 5.74) is 1.23. The van der Waals surface area contributed by atoms with E-state index in [0.29, 0.717) is 5.25 Å². The van der Waals surface area contributed by atoms with Crippen LogP contribution in [-0.2, 0) is 0 Å². The van der Waals surface area contributed by atoms with E-state index in [1.807, 2.05) is 18.2 Å². The van der Waals surface area contributed by atoms with Crippen molar-refractivity contribution in [3.63, 3.8) is 0 Å². The zero-order valence-corrected chi connectivity index (χ0v) is 9.20. The molecule has 0 spiro atoms. The maximum atomic E-state index is 8.66. The molecule has 2 heteroatoms. The Kier molecular flexibility index (Phi) is 5.42. The van der Waals surface area contributed by atoms with E-state index in [0.717, 1.165) is 5.75 Å². The molecule has 1 rings (SSSR count). The second-order valence-corrected chi connectivity index (χ2v) is 4.55. The van der Waals surface area contributed by atoms with Crippen LogP contribution in [0.2, 0.25) is 0 Å². The predicted molar refractivity (Wildman–Crippen MR) is 64.5 cm³/mol. The van der Waals surface area contributed by atoms with Gasteiger partial charge in [-0.05, 0) is 12.5 Å². The number of benzene rings is 1. The Morgan fingerprint density at radius 1 is 1.36 bits per heavy atom. The molecule has 1 aromatic rings. The van der Waals surface area contributed by atoms with Crippen molar-refractivity contribution in [2.45, 2.75) is 12.2 Å². The molecule has 0 radical (unpaired) electrons. The molecule has 0 aliphatic carbocycles. The monoisotopic (exact) mass is 208 g/mol. The van der Waals surface area contributed by atoms with Gasteiger partial charge in [0.15, 0.2) is 0 Å². The molecule has 0 aliphatic rings. The second kappa shape index (κ2) is 6.68. The van der Waals surface area contributed by atoms with Gasteiger partial charge in [-0.15, -0.1) is 0 Å². The molecule has 0 saturated heterocycles. The van der Waals surface area contributed by atoms with Gasteiger partial charge in [0.05, 0.1) is 6.61 Å². The summed E-state index contributed by atoms with van der Waals surface area (Å²) < 4.78 is 0. The van der Waals surface area contributed by atoms with E-state index in [2.05, 4.69) is 31.2 Å². The summed E-state index contributed by atoms with van der Waals surface area (Å²) in [6, 6.07) is 10.2. The van der Waals surface area contributed by atoms with Crippen LogP contribution in [0.5, 0.6) is 0 Å². The van der Waals surface area contributed by atoms with Crippen LogP contribution in [0.4, 0.5) is 0 Å². The summed E-state index contributed by atoms with van der Waals surface area (Å²) in [5.74, 6) is 0.806. The number of rotatable bonds is 5. The van der Waals surface area contributed by atoms with Gasteiger partial charge in [0.25, 0.3) is 0 Å². The third-order valence-electron chi connectivity index (χ3n) is 1.83. The lowest BCUT2D eigenvalue weighted by atomic mass is 10.2. The van der Waals surface area contributed by atoms with E-state index >= 15 is 0 Å². The Balaban J connectivity index is 2.39. The Morgan fingerprint density at radius 2 is 2.07 bits per heavy atom. The normalized spacial score (nSPS) is 13.3. The van der Waals surface area contributed by atoms with Crippen LogP contribution in [-0.4, -0.2) is 22.7 Å². The minimum absolute atomic E-state index is 0.258. The molecule has 14 heavy (non-hydrogen) atoms. The number of hydrogen-bond acceptors (Lipinski definition) is 2. The lowest BCUT2D eigenvalue weighted by Gasteiger charge is -2.03. The van der Waals surface area contributed by atoms with Gasteiger partial charge in [-0.3, -0.25) is 0 Å². The molecule has 0 saturated carbocycles. The van der Waals surface area contributed by atoms with Crippen molar-refractivity contribution in [3.05, 3.63) is 42.0 Å². The summed E-state index contributed by atoms with van der Waals surface area (Å²) in [5, 5.41) is 9.12. The van der Waals surface area contributed by atoms with Crippen LogP contribution >= 0.6 is 11.8 Å². The average Bonchev–Trinajstić information content (AvgIpc) is 2.25. The van der Waals surface area contributed by atoms with Gasteiger partial charge in [0.1, 0.15) is 0 Å². The Morgan fingerprint density at radius 3 is 2.71 bits per heavy atom. The van der Waals surface area contributed by atoms with E-state index in [1.54, 1.807) is 11.8 Å². The molecule has 0 bridgehead atoms. The molecule has 0 aliphatic heterocycles. The molecule has 1 atom stereocenters. The second-order valence-electron chi connectivity index (χ2n) is 3.07. The maximum absolute atomic E-state index is 8.66. The van der Waals surface area contributed by atoms with E-state index in [1.165, 1.54) is 5.56 Å². The Labute approximate surface area is 89.8 Å². The van der Waals surface area contributed by atoms with Crippen molar-refractivity contribution >= 4 is 17.8 Å². The zero-order chi connectivity index (χ0) is 10.2. The fourth-order valence-electron chi connectivity index (χ4n) is 1.10. The number of aliphatic hydroxyl groups excluding tert-OH is 1. The smallest absolute Gasteiger partial charge is 0.0521 e. The van der Waals surface area contributed by atoms with E-state index in [4.69, 9.17) is 5.11 Å². The molecule has 76 valence electrons. The van der Waals surface area contributed by atoms with Gasteiger partial charge >= 0.3 is 0 Å². The fraction of sp³-hybridized carbons (Fsp3) is 0.333. The SMILES string of the molecule is CC(/C=C/c1ccccc1)SCCO. The van der Waals surface area contributed by atoms with Crippen LogP contribution in [0.15, 0.2) is 36.4 Å². The summed E-state index contributed by atoms with van der Waals surface area (Å²) >= 11 is 1.76. The highest BCUT2D eigenvalue weighted by Gasteiger charge is 1.95. The molecule has 1 N–H and O–H groups in total. The minimum Gasteiger partial charge on any atom is -0.396 e. The van der Waals surface area contributed by atoms with E-state index in [9.17, 15) is 0 Å². The highest BCUT2D eigenvalue weighted by atomic mass is 32.2. The van der Waals surface area contributed by atoms with Crippen LogP contribution in [0, 0.1) is 0 Å². The Hall–Kier alpha value is -0.730. The largest absolute Gasteiger partial charge is 0.396 e. The van der Waals surface area contributed by atoms with Gasteiger partial charge in [0.2, 0.25) is 0 Å². The third kappa shape index (κ3) is 4.49. The molecule has 0 heterocycles. The lowest BCUT2D eigenvalue weighted by Crippen LogP contribution is -1.95. The van der Waals surface area contributed by atoms with Crippen molar-refractivity contribution in [1.82, 2.24) is 0 Å². The summed E-state index contributed by atoms with van der Waals surface area (Å²) in [7, 11) is 0. The molecular weight excluding hydrogens is 192 g/mol. The average molecular weight is 208 g/mol. The van der Waals surface area contributed by atoms with Crippen LogP contribution < -0.4 is 0 Å². The summed E-state index contributed by atoms with van der Waals surface area (Å²) in [6.45, 7) is 2.40. The zero-order valence-electron chi connectivity index (χ0n) is 8.39. The van der Waals surface area contributed by atoms with Gasteiger partial charge in [-0.1, -0.05) is 42.5 Å².